The summed E-state index contributed by atoms with van der Waals surface area (Å²) in [4.78, 5) is 11.1. The van der Waals surface area contributed by atoms with Gasteiger partial charge in [-0.1, -0.05) is 11.8 Å². The fourth-order valence-electron chi connectivity index (χ4n) is 0.853. The number of alkyl halides is 1. The van der Waals surface area contributed by atoms with Gasteiger partial charge in [0.2, 0.25) is 0 Å². The van der Waals surface area contributed by atoms with Crippen LogP contribution >= 0.6 is 11.6 Å². The summed E-state index contributed by atoms with van der Waals surface area (Å²) in [6.07, 6.45) is 0.789. The summed E-state index contributed by atoms with van der Waals surface area (Å²) < 4.78 is 9.92. The Morgan fingerprint density at radius 2 is 2.12 bits per heavy atom. The number of halogens is 1. The van der Waals surface area contributed by atoms with Crippen molar-refractivity contribution in [3.05, 3.63) is 0 Å². The molecule has 0 fully saturated rings. The van der Waals surface area contributed by atoms with Gasteiger partial charge >= 0.3 is 5.97 Å². The minimum atomic E-state index is -0.503. The van der Waals surface area contributed by atoms with Gasteiger partial charge in [0, 0.05) is 13.5 Å². The molecular formula is C12H19ClO3. The van der Waals surface area contributed by atoms with Crippen LogP contribution in [0.5, 0.6) is 0 Å². The highest BCUT2D eigenvalue weighted by Gasteiger charge is 2.12. The zero-order chi connectivity index (χ0) is 12.6. The molecule has 0 aliphatic rings. The number of rotatable bonds is 5. The Morgan fingerprint density at radius 1 is 1.50 bits per heavy atom. The van der Waals surface area contributed by atoms with E-state index < -0.39 is 5.60 Å². The molecule has 1 unspecified atom stereocenters. The van der Waals surface area contributed by atoms with E-state index in [1.54, 1.807) is 14.0 Å². The fraction of sp³-hybridized carbons (Fsp3) is 0.750. The molecule has 92 valence electrons. The number of hydrogen-bond acceptors (Lipinski definition) is 3. The van der Waals surface area contributed by atoms with Gasteiger partial charge in [-0.2, -0.15) is 0 Å². The van der Waals surface area contributed by atoms with E-state index in [0.29, 0.717) is 19.4 Å². The zero-order valence-electron chi connectivity index (χ0n) is 10.3. The smallest absolute Gasteiger partial charge is 0.305 e. The molecule has 0 amide bonds. The number of esters is 1. The Balaban J connectivity index is 3.99. The van der Waals surface area contributed by atoms with Gasteiger partial charge in [-0.05, 0) is 27.2 Å². The van der Waals surface area contributed by atoms with Gasteiger partial charge in [0.15, 0.2) is 0 Å². The molecule has 4 heteroatoms. The Kier molecular flexibility index (Phi) is 7.20. The molecule has 0 radical (unpaired) electrons. The summed E-state index contributed by atoms with van der Waals surface area (Å²) in [7, 11) is 1.59. The Hall–Kier alpha value is -0.720. The monoisotopic (exact) mass is 246 g/mol. The molecule has 0 N–H and O–H groups in total. The predicted molar refractivity (Wildman–Crippen MR) is 64.4 cm³/mol. The largest absolute Gasteiger partial charge is 0.466 e. The molecule has 16 heavy (non-hydrogen) atoms. The number of hydrogen-bond donors (Lipinski definition) is 0. The molecule has 0 heterocycles. The number of carbonyl (C=O) groups is 1. The summed E-state index contributed by atoms with van der Waals surface area (Å²) in [5.41, 5.74) is -0.503. The standard InChI is InChI=1S/C12H19ClO3/c1-5-16-11(14)7-6-10(13)8-9-12(2,3)15-4/h10H,5-7H2,1-4H3. The first-order valence-electron chi connectivity index (χ1n) is 5.29. The van der Waals surface area contributed by atoms with E-state index in [1.807, 2.05) is 13.8 Å². The predicted octanol–water partition coefficient (Wildman–Crippen LogP) is 2.37. The Bertz CT molecular complexity index is 276. The van der Waals surface area contributed by atoms with Crippen molar-refractivity contribution in [2.24, 2.45) is 0 Å². The topological polar surface area (TPSA) is 35.5 Å². The summed E-state index contributed by atoms with van der Waals surface area (Å²) in [6.45, 7) is 5.88. The van der Waals surface area contributed by atoms with Crippen LogP contribution < -0.4 is 0 Å². The average molecular weight is 247 g/mol. The van der Waals surface area contributed by atoms with Crippen LogP contribution in [0.15, 0.2) is 0 Å². The van der Waals surface area contributed by atoms with Crippen molar-refractivity contribution in [3.63, 3.8) is 0 Å². The van der Waals surface area contributed by atoms with Crippen LogP contribution in [0, 0.1) is 11.8 Å². The van der Waals surface area contributed by atoms with Crippen LogP contribution in [0.3, 0.4) is 0 Å². The first kappa shape index (κ1) is 15.3. The molecule has 0 aromatic carbocycles. The number of ether oxygens (including phenoxy) is 2. The van der Waals surface area contributed by atoms with Crippen molar-refractivity contribution < 1.29 is 14.3 Å². The minimum Gasteiger partial charge on any atom is -0.466 e. The lowest BCUT2D eigenvalue weighted by molar-refractivity contribution is -0.143. The Morgan fingerprint density at radius 3 is 2.62 bits per heavy atom. The van der Waals surface area contributed by atoms with Crippen LogP contribution in [-0.4, -0.2) is 30.7 Å². The van der Waals surface area contributed by atoms with E-state index in [0.717, 1.165) is 0 Å². The van der Waals surface area contributed by atoms with E-state index in [1.165, 1.54) is 0 Å². The van der Waals surface area contributed by atoms with E-state index in [9.17, 15) is 4.79 Å². The zero-order valence-corrected chi connectivity index (χ0v) is 11.1. The molecule has 3 nitrogen and oxygen atoms in total. The molecule has 0 spiro atoms. The van der Waals surface area contributed by atoms with E-state index >= 15 is 0 Å². The van der Waals surface area contributed by atoms with Crippen LogP contribution in [0.1, 0.15) is 33.6 Å². The van der Waals surface area contributed by atoms with E-state index in [2.05, 4.69) is 11.8 Å². The SMILES string of the molecule is CCOC(=O)CCC(Cl)C#CC(C)(C)OC. The number of carbonyl (C=O) groups excluding carboxylic acids is 1. The highest BCUT2D eigenvalue weighted by Crippen LogP contribution is 2.08. The summed E-state index contributed by atoms with van der Waals surface area (Å²) in [5.74, 6) is 5.53. The molecule has 0 aromatic rings. The van der Waals surface area contributed by atoms with Crippen LogP contribution in [0.2, 0.25) is 0 Å². The second-order valence-electron chi connectivity index (χ2n) is 3.80. The Labute approximate surface area is 102 Å². The van der Waals surface area contributed by atoms with Gasteiger partial charge in [-0.25, -0.2) is 0 Å². The van der Waals surface area contributed by atoms with Gasteiger partial charge in [0.25, 0.3) is 0 Å². The lowest BCUT2D eigenvalue weighted by Gasteiger charge is -2.14. The van der Waals surface area contributed by atoms with Crippen LogP contribution in [-0.2, 0) is 14.3 Å². The third kappa shape index (κ3) is 7.56. The molecule has 0 bridgehead atoms. The maximum Gasteiger partial charge on any atom is 0.305 e. The first-order valence-corrected chi connectivity index (χ1v) is 5.72. The van der Waals surface area contributed by atoms with Gasteiger partial charge in [0.05, 0.1) is 12.0 Å². The number of methoxy groups -OCH3 is 1. The maximum absolute atomic E-state index is 11.1. The van der Waals surface area contributed by atoms with Gasteiger partial charge in [-0.15, -0.1) is 11.6 Å². The lowest BCUT2D eigenvalue weighted by Crippen LogP contribution is -2.19. The first-order chi connectivity index (χ1) is 7.41. The third-order valence-corrected chi connectivity index (χ3v) is 2.27. The second kappa shape index (κ2) is 7.54. The van der Waals surface area contributed by atoms with Crippen molar-refractivity contribution >= 4 is 17.6 Å². The second-order valence-corrected chi connectivity index (χ2v) is 4.32. The molecule has 0 saturated heterocycles. The van der Waals surface area contributed by atoms with Crippen molar-refractivity contribution in [2.75, 3.05) is 13.7 Å². The average Bonchev–Trinajstić information content (AvgIpc) is 2.24. The van der Waals surface area contributed by atoms with Crippen molar-refractivity contribution in [3.8, 4) is 11.8 Å². The van der Waals surface area contributed by atoms with Crippen molar-refractivity contribution in [1.82, 2.24) is 0 Å². The highest BCUT2D eigenvalue weighted by molar-refractivity contribution is 6.22. The van der Waals surface area contributed by atoms with E-state index in [4.69, 9.17) is 21.1 Å². The summed E-state index contributed by atoms with van der Waals surface area (Å²) >= 11 is 5.95. The van der Waals surface area contributed by atoms with Crippen LogP contribution in [0.25, 0.3) is 0 Å². The molecule has 1 atom stereocenters. The van der Waals surface area contributed by atoms with Crippen molar-refractivity contribution in [1.29, 1.82) is 0 Å². The third-order valence-electron chi connectivity index (χ3n) is 1.95. The van der Waals surface area contributed by atoms with Gasteiger partial charge in [-0.3, -0.25) is 4.79 Å². The fourth-order valence-corrected chi connectivity index (χ4v) is 1.02. The van der Waals surface area contributed by atoms with Gasteiger partial charge in [0.1, 0.15) is 5.60 Å². The normalized spacial score (nSPS) is 12.6. The molecule has 0 saturated carbocycles. The molecular weight excluding hydrogens is 228 g/mol. The summed E-state index contributed by atoms with van der Waals surface area (Å²) in [5, 5.41) is -0.348. The molecule has 0 aliphatic carbocycles. The minimum absolute atomic E-state index is 0.235. The quantitative estimate of drug-likeness (QED) is 0.424. The van der Waals surface area contributed by atoms with Crippen LogP contribution in [0.4, 0.5) is 0 Å². The maximum atomic E-state index is 11.1. The molecule has 0 aromatic heterocycles. The summed E-state index contributed by atoms with van der Waals surface area (Å²) in [6, 6.07) is 0. The van der Waals surface area contributed by atoms with Gasteiger partial charge < -0.3 is 9.47 Å². The lowest BCUT2D eigenvalue weighted by atomic mass is 10.1. The molecule has 0 rings (SSSR count). The molecule has 0 aliphatic heterocycles. The highest BCUT2D eigenvalue weighted by atomic mass is 35.5. The van der Waals surface area contributed by atoms with Crippen molar-refractivity contribution in [2.45, 2.75) is 44.6 Å². The van der Waals surface area contributed by atoms with E-state index in [-0.39, 0.29) is 11.3 Å².